The van der Waals surface area contributed by atoms with Crippen LogP contribution in [0, 0.1) is 0 Å². The highest BCUT2D eigenvalue weighted by molar-refractivity contribution is 5.83. The highest BCUT2D eigenvalue weighted by Crippen LogP contribution is 2.37. The second-order valence-corrected chi connectivity index (χ2v) is 4.09. The van der Waals surface area contributed by atoms with Crippen molar-refractivity contribution < 1.29 is 33.6 Å². The number of ether oxygens (including phenoxy) is 4. The number of benzene rings is 1. The van der Waals surface area contributed by atoms with E-state index in [-0.39, 0.29) is 23.9 Å². The lowest BCUT2D eigenvalue weighted by Gasteiger charge is -2.10. The maximum atomic E-state index is 11.5. The molecule has 2 aliphatic rings. The van der Waals surface area contributed by atoms with Crippen molar-refractivity contribution in [1.29, 1.82) is 0 Å². The smallest absolute Gasteiger partial charge is 0.343 e. The molecule has 0 aliphatic carbocycles. The fourth-order valence-corrected chi connectivity index (χ4v) is 1.40. The molecule has 0 bridgehead atoms. The van der Waals surface area contributed by atoms with E-state index in [4.69, 9.17) is 18.9 Å². The third-order valence-corrected chi connectivity index (χ3v) is 2.56. The van der Waals surface area contributed by atoms with Crippen molar-refractivity contribution in [3.8, 4) is 17.2 Å². The van der Waals surface area contributed by atoms with Crippen molar-refractivity contribution in [1.82, 2.24) is 0 Å². The fraction of sp³-hybridized carbons (Fsp3) is 0.333. The van der Waals surface area contributed by atoms with Gasteiger partial charge in [-0.25, -0.2) is 9.59 Å². The maximum Gasteiger partial charge on any atom is 0.343 e. The summed E-state index contributed by atoms with van der Waals surface area (Å²) in [7, 11) is 0. The standard InChI is InChI=1S/C12H10O7/c13-6-2-1-3-7(18-11(14)8-4-16-8)10(6)19-12(15)9-5-17-9/h1-3,8-9,13H,4-5H2. The van der Waals surface area contributed by atoms with Gasteiger partial charge in [0.2, 0.25) is 5.75 Å². The summed E-state index contributed by atoms with van der Waals surface area (Å²) in [6, 6.07) is 4.20. The van der Waals surface area contributed by atoms with Crippen molar-refractivity contribution in [2.45, 2.75) is 12.2 Å². The molecular weight excluding hydrogens is 256 g/mol. The van der Waals surface area contributed by atoms with Crippen LogP contribution in [0.5, 0.6) is 17.2 Å². The first kappa shape index (κ1) is 11.9. The number of para-hydroxylation sites is 1. The summed E-state index contributed by atoms with van der Waals surface area (Å²) in [4.78, 5) is 23.0. The molecule has 2 heterocycles. The Hall–Kier alpha value is -2.12. The SMILES string of the molecule is O=C(Oc1cccc(O)c1OC(=O)C1CO1)C1CO1. The summed E-state index contributed by atoms with van der Waals surface area (Å²) < 4.78 is 19.5. The molecule has 100 valence electrons. The second-order valence-electron chi connectivity index (χ2n) is 4.09. The molecule has 2 saturated heterocycles. The van der Waals surface area contributed by atoms with Gasteiger partial charge in [-0.2, -0.15) is 0 Å². The number of rotatable bonds is 4. The summed E-state index contributed by atoms with van der Waals surface area (Å²) >= 11 is 0. The highest BCUT2D eigenvalue weighted by atomic mass is 16.6. The lowest BCUT2D eigenvalue weighted by atomic mass is 10.3. The summed E-state index contributed by atoms with van der Waals surface area (Å²) in [6.45, 7) is 0.597. The molecule has 2 atom stereocenters. The minimum absolute atomic E-state index is 0.0329. The molecule has 1 aromatic rings. The zero-order chi connectivity index (χ0) is 13.4. The van der Waals surface area contributed by atoms with Gasteiger partial charge in [0.25, 0.3) is 0 Å². The Labute approximate surface area is 107 Å². The van der Waals surface area contributed by atoms with Crippen molar-refractivity contribution >= 4 is 11.9 Å². The third kappa shape index (κ3) is 2.67. The number of carbonyl (C=O) groups is 2. The van der Waals surface area contributed by atoms with E-state index in [1.54, 1.807) is 0 Å². The molecule has 19 heavy (non-hydrogen) atoms. The largest absolute Gasteiger partial charge is 0.504 e. The first-order valence-electron chi connectivity index (χ1n) is 5.63. The van der Waals surface area contributed by atoms with E-state index in [1.807, 2.05) is 0 Å². The van der Waals surface area contributed by atoms with E-state index in [2.05, 4.69) is 0 Å². The van der Waals surface area contributed by atoms with Crippen LogP contribution in [0.4, 0.5) is 0 Å². The Morgan fingerprint density at radius 2 is 1.68 bits per heavy atom. The van der Waals surface area contributed by atoms with Gasteiger partial charge in [-0.05, 0) is 12.1 Å². The van der Waals surface area contributed by atoms with Crippen LogP contribution in [0.1, 0.15) is 0 Å². The monoisotopic (exact) mass is 266 g/mol. The van der Waals surface area contributed by atoms with E-state index in [9.17, 15) is 14.7 Å². The predicted octanol–water partition coefficient (Wildman–Crippen LogP) is 0.000600. The molecule has 2 fully saturated rings. The van der Waals surface area contributed by atoms with Gasteiger partial charge in [0, 0.05) is 0 Å². The molecule has 0 radical (unpaired) electrons. The van der Waals surface area contributed by atoms with Gasteiger partial charge in [-0.15, -0.1) is 0 Å². The lowest BCUT2D eigenvalue weighted by molar-refractivity contribution is -0.138. The zero-order valence-electron chi connectivity index (χ0n) is 9.70. The van der Waals surface area contributed by atoms with Gasteiger partial charge in [-0.1, -0.05) is 6.07 Å². The number of carbonyl (C=O) groups excluding carboxylic acids is 2. The van der Waals surface area contributed by atoms with Crippen molar-refractivity contribution in [3.05, 3.63) is 18.2 Å². The van der Waals surface area contributed by atoms with Crippen LogP contribution in [0.25, 0.3) is 0 Å². The molecule has 0 amide bonds. The minimum atomic E-state index is -0.638. The number of esters is 2. The van der Waals surface area contributed by atoms with E-state index in [0.717, 1.165) is 0 Å². The summed E-state index contributed by atoms with van der Waals surface area (Å²) in [5, 5.41) is 9.67. The normalized spacial score (nSPS) is 23.6. The van der Waals surface area contributed by atoms with Gasteiger partial charge in [-0.3, -0.25) is 0 Å². The van der Waals surface area contributed by atoms with Gasteiger partial charge in [0.1, 0.15) is 0 Å². The molecule has 0 aromatic heterocycles. The quantitative estimate of drug-likeness (QED) is 0.465. The molecule has 3 rings (SSSR count). The minimum Gasteiger partial charge on any atom is -0.504 e. The second kappa shape index (κ2) is 4.52. The number of epoxide rings is 2. The predicted molar refractivity (Wildman–Crippen MR) is 58.9 cm³/mol. The average Bonchev–Trinajstić information content (AvgIpc) is 3.26. The van der Waals surface area contributed by atoms with Crippen LogP contribution in [0.15, 0.2) is 18.2 Å². The Bertz CT molecular complexity index is 531. The molecule has 1 N–H and O–H groups in total. The summed E-state index contributed by atoms with van der Waals surface area (Å²) in [6.07, 6.45) is -1.20. The van der Waals surface area contributed by atoms with E-state index in [0.29, 0.717) is 6.61 Å². The van der Waals surface area contributed by atoms with E-state index in [1.165, 1.54) is 18.2 Å². The van der Waals surface area contributed by atoms with Crippen LogP contribution >= 0.6 is 0 Å². The number of phenolic OH excluding ortho intramolecular Hbond substituents is 1. The third-order valence-electron chi connectivity index (χ3n) is 2.56. The molecule has 2 aliphatic heterocycles. The average molecular weight is 266 g/mol. The van der Waals surface area contributed by atoms with E-state index >= 15 is 0 Å². The van der Waals surface area contributed by atoms with Crippen molar-refractivity contribution in [2.24, 2.45) is 0 Å². The van der Waals surface area contributed by atoms with Crippen LogP contribution in [-0.2, 0) is 19.1 Å². The summed E-state index contributed by atoms with van der Waals surface area (Å²) in [5.41, 5.74) is 0. The number of hydrogen-bond donors (Lipinski definition) is 1. The number of hydrogen-bond acceptors (Lipinski definition) is 7. The number of aromatic hydroxyl groups is 1. The first-order valence-corrected chi connectivity index (χ1v) is 5.63. The first-order chi connectivity index (χ1) is 9.15. The topological polar surface area (TPSA) is 97.9 Å². The Morgan fingerprint density at radius 3 is 2.26 bits per heavy atom. The van der Waals surface area contributed by atoms with Crippen LogP contribution < -0.4 is 9.47 Å². The maximum absolute atomic E-state index is 11.5. The van der Waals surface area contributed by atoms with Crippen molar-refractivity contribution in [2.75, 3.05) is 13.2 Å². The Kier molecular flexibility index (Phi) is 2.84. The molecule has 7 nitrogen and oxygen atoms in total. The van der Waals surface area contributed by atoms with Gasteiger partial charge in [0.15, 0.2) is 23.7 Å². The van der Waals surface area contributed by atoms with Gasteiger partial charge >= 0.3 is 11.9 Å². The highest BCUT2D eigenvalue weighted by Gasteiger charge is 2.36. The molecule has 0 saturated carbocycles. The molecule has 0 spiro atoms. The molecule has 7 heteroatoms. The fourth-order valence-electron chi connectivity index (χ4n) is 1.40. The van der Waals surface area contributed by atoms with E-state index < -0.39 is 24.1 Å². The Morgan fingerprint density at radius 1 is 1.11 bits per heavy atom. The van der Waals surface area contributed by atoms with Crippen LogP contribution in [-0.4, -0.2) is 42.5 Å². The Balaban J connectivity index is 1.79. The van der Waals surface area contributed by atoms with Gasteiger partial charge < -0.3 is 24.1 Å². The summed E-state index contributed by atoms with van der Waals surface area (Å²) in [5.74, 6) is -1.76. The van der Waals surface area contributed by atoms with Crippen LogP contribution in [0.2, 0.25) is 0 Å². The van der Waals surface area contributed by atoms with Gasteiger partial charge in [0.05, 0.1) is 13.2 Å². The number of phenols is 1. The molecule has 2 unspecified atom stereocenters. The molecular formula is C12H10O7. The van der Waals surface area contributed by atoms with Crippen LogP contribution in [0.3, 0.4) is 0 Å². The van der Waals surface area contributed by atoms with Crippen molar-refractivity contribution in [3.63, 3.8) is 0 Å². The lowest BCUT2D eigenvalue weighted by Crippen LogP contribution is -2.18. The zero-order valence-corrected chi connectivity index (χ0v) is 9.70. The molecule has 1 aromatic carbocycles.